The van der Waals surface area contributed by atoms with E-state index in [1.165, 1.54) is 10.4 Å². The molecule has 27 heavy (non-hydrogen) atoms. The van der Waals surface area contributed by atoms with Gasteiger partial charge >= 0.3 is 0 Å². The number of amides is 1. The fourth-order valence-electron chi connectivity index (χ4n) is 3.30. The second-order valence-corrected chi connectivity index (χ2v) is 9.01. The summed E-state index contributed by atoms with van der Waals surface area (Å²) >= 11 is 0. The van der Waals surface area contributed by atoms with Crippen LogP contribution in [-0.2, 0) is 10.0 Å². The van der Waals surface area contributed by atoms with Crippen molar-refractivity contribution < 1.29 is 17.6 Å². The first kappa shape index (κ1) is 18.1. The van der Waals surface area contributed by atoms with Gasteiger partial charge in [0.05, 0.1) is 6.04 Å². The van der Waals surface area contributed by atoms with Crippen LogP contribution in [0.3, 0.4) is 0 Å². The van der Waals surface area contributed by atoms with E-state index in [2.05, 4.69) is 5.32 Å². The lowest BCUT2D eigenvalue weighted by molar-refractivity contribution is 0.0931. The number of benzene rings is 2. The van der Waals surface area contributed by atoms with E-state index in [4.69, 9.17) is 0 Å². The molecule has 1 aliphatic heterocycles. The lowest BCUT2D eigenvalue weighted by Crippen LogP contribution is -2.42. The SMILES string of the molecule is O=C(N[C@@H](c1ccccc1)C1CC1)c1ccc(F)c(S(=O)(=O)N2CCC2)c1. The first-order valence-corrected chi connectivity index (χ1v) is 10.6. The summed E-state index contributed by atoms with van der Waals surface area (Å²) in [5, 5.41) is 3.00. The average Bonchev–Trinajstić information content (AvgIpc) is 3.43. The predicted molar refractivity (Wildman–Crippen MR) is 99.1 cm³/mol. The van der Waals surface area contributed by atoms with Gasteiger partial charge in [0.15, 0.2) is 0 Å². The van der Waals surface area contributed by atoms with Crippen molar-refractivity contribution in [3.05, 3.63) is 65.5 Å². The largest absolute Gasteiger partial charge is 0.345 e. The number of nitrogens with one attached hydrogen (secondary N) is 1. The molecule has 0 spiro atoms. The van der Waals surface area contributed by atoms with E-state index in [9.17, 15) is 17.6 Å². The minimum atomic E-state index is -3.90. The number of hydrogen-bond acceptors (Lipinski definition) is 3. The number of hydrogen-bond donors (Lipinski definition) is 1. The predicted octanol–water partition coefficient (Wildman–Crippen LogP) is 3.10. The van der Waals surface area contributed by atoms with E-state index in [-0.39, 0.29) is 11.6 Å². The third-order valence-electron chi connectivity index (χ3n) is 5.16. The third kappa shape index (κ3) is 3.61. The number of sulfonamides is 1. The summed E-state index contributed by atoms with van der Waals surface area (Å²) in [5.74, 6) is -0.850. The molecule has 1 amide bonds. The minimum absolute atomic E-state index is 0.126. The molecule has 142 valence electrons. The fourth-order valence-corrected chi connectivity index (χ4v) is 4.90. The van der Waals surface area contributed by atoms with Crippen molar-refractivity contribution in [1.29, 1.82) is 0 Å². The van der Waals surface area contributed by atoms with Crippen LogP contribution < -0.4 is 5.32 Å². The van der Waals surface area contributed by atoms with Crippen molar-refractivity contribution in [3.63, 3.8) is 0 Å². The summed E-state index contributed by atoms with van der Waals surface area (Å²) in [6.07, 6.45) is 2.84. The number of carbonyl (C=O) groups is 1. The molecule has 0 unspecified atom stereocenters. The Bertz CT molecular complexity index is 954. The van der Waals surface area contributed by atoms with Gasteiger partial charge in [0.25, 0.3) is 5.91 Å². The monoisotopic (exact) mass is 388 g/mol. The Morgan fingerprint density at radius 1 is 1.11 bits per heavy atom. The molecule has 0 bridgehead atoms. The molecule has 2 aromatic rings. The lowest BCUT2D eigenvalue weighted by atomic mass is 10.0. The summed E-state index contributed by atoms with van der Waals surface area (Å²) in [4.78, 5) is 12.3. The van der Waals surface area contributed by atoms with Crippen molar-refractivity contribution >= 4 is 15.9 Å². The molecule has 0 radical (unpaired) electrons. The van der Waals surface area contributed by atoms with Crippen LogP contribution in [0.2, 0.25) is 0 Å². The average molecular weight is 388 g/mol. The zero-order valence-electron chi connectivity index (χ0n) is 14.8. The van der Waals surface area contributed by atoms with Crippen molar-refractivity contribution in [2.45, 2.75) is 30.2 Å². The van der Waals surface area contributed by atoms with Crippen molar-refractivity contribution in [3.8, 4) is 0 Å². The number of nitrogens with zero attached hydrogens (tertiary/aromatic N) is 1. The molecule has 2 aromatic carbocycles. The molecular formula is C20H21FN2O3S. The van der Waals surface area contributed by atoms with Gasteiger partial charge in [-0.25, -0.2) is 12.8 Å². The quantitative estimate of drug-likeness (QED) is 0.827. The summed E-state index contributed by atoms with van der Waals surface area (Å²) in [6, 6.07) is 13.1. The van der Waals surface area contributed by atoms with Gasteiger partial charge in [-0.15, -0.1) is 0 Å². The van der Waals surface area contributed by atoms with Crippen LogP contribution in [0.4, 0.5) is 4.39 Å². The van der Waals surface area contributed by atoms with Gasteiger partial charge in [0, 0.05) is 18.7 Å². The molecule has 5 nitrogen and oxygen atoms in total. The molecule has 2 fully saturated rings. The number of rotatable bonds is 6. The Hall–Kier alpha value is -2.25. The van der Waals surface area contributed by atoms with E-state index in [1.54, 1.807) is 0 Å². The minimum Gasteiger partial charge on any atom is -0.345 e. The molecule has 4 rings (SSSR count). The fraction of sp³-hybridized carbons (Fsp3) is 0.350. The molecular weight excluding hydrogens is 367 g/mol. The molecule has 2 aliphatic rings. The van der Waals surface area contributed by atoms with Gasteiger partial charge in [0.2, 0.25) is 10.0 Å². The van der Waals surface area contributed by atoms with E-state index in [0.717, 1.165) is 37.0 Å². The zero-order chi connectivity index (χ0) is 19.0. The highest BCUT2D eigenvalue weighted by molar-refractivity contribution is 7.89. The summed E-state index contributed by atoms with van der Waals surface area (Å²) < 4.78 is 40.5. The first-order valence-electron chi connectivity index (χ1n) is 9.12. The summed E-state index contributed by atoms with van der Waals surface area (Å²) in [6.45, 7) is 0.770. The van der Waals surface area contributed by atoms with Gasteiger partial charge in [-0.05, 0) is 48.9 Å². The van der Waals surface area contributed by atoms with E-state index < -0.39 is 26.6 Å². The molecule has 1 saturated heterocycles. The second-order valence-electron chi connectivity index (χ2n) is 7.10. The standard InChI is InChI=1S/C20H21FN2O3S/c21-17-10-9-16(13-18(17)27(25,26)23-11-4-12-23)20(24)22-19(15-7-8-15)14-5-2-1-3-6-14/h1-3,5-6,9-10,13,15,19H,4,7-8,11-12H2,(H,22,24)/t19-/m0/s1. The Morgan fingerprint density at radius 2 is 1.81 bits per heavy atom. The Labute approximate surface area is 158 Å². The van der Waals surface area contributed by atoms with Crippen LogP contribution in [0.25, 0.3) is 0 Å². The normalized spacial score (nSPS) is 18.6. The zero-order valence-corrected chi connectivity index (χ0v) is 15.6. The maximum Gasteiger partial charge on any atom is 0.251 e. The van der Waals surface area contributed by atoms with Gasteiger partial charge in [-0.3, -0.25) is 4.79 Å². The van der Waals surface area contributed by atoms with E-state index in [0.29, 0.717) is 19.0 Å². The van der Waals surface area contributed by atoms with E-state index in [1.807, 2.05) is 30.3 Å². The summed E-state index contributed by atoms with van der Waals surface area (Å²) in [7, 11) is -3.90. The summed E-state index contributed by atoms with van der Waals surface area (Å²) in [5.41, 5.74) is 1.17. The van der Waals surface area contributed by atoms with Crippen LogP contribution >= 0.6 is 0 Å². The van der Waals surface area contributed by atoms with E-state index >= 15 is 0 Å². The highest BCUT2D eigenvalue weighted by atomic mass is 32.2. The van der Waals surface area contributed by atoms with Crippen LogP contribution in [0.15, 0.2) is 53.4 Å². The van der Waals surface area contributed by atoms with Gasteiger partial charge in [-0.1, -0.05) is 30.3 Å². The van der Waals surface area contributed by atoms with Gasteiger partial charge in [-0.2, -0.15) is 4.31 Å². The van der Waals surface area contributed by atoms with Crippen LogP contribution in [-0.4, -0.2) is 31.7 Å². The number of halogens is 1. The Kier molecular flexibility index (Phi) is 4.74. The molecule has 0 aromatic heterocycles. The van der Waals surface area contributed by atoms with Crippen molar-refractivity contribution in [2.75, 3.05) is 13.1 Å². The molecule has 7 heteroatoms. The van der Waals surface area contributed by atoms with Crippen LogP contribution in [0.5, 0.6) is 0 Å². The molecule has 1 saturated carbocycles. The van der Waals surface area contributed by atoms with Crippen LogP contribution in [0.1, 0.15) is 41.2 Å². The lowest BCUT2D eigenvalue weighted by Gasteiger charge is -2.29. The third-order valence-corrected chi connectivity index (χ3v) is 7.08. The maximum atomic E-state index is 14.2. The first-order chi connectivity index (χ1) is 13.0. The highest BCUT2D eigenvalue weighted by Crippen LogP contribution is 2.41. The molecule has 1 aliphatic carbocycles. The van der Waals surface area contributed by atoms with Gasteiger partial charge in [0.1, 0.15) is 10.7 Å². The molecule has 1 N–H and O–H groups in total. The topological polar surface area (TPSA) is 66.5 Å². The van der Waals surface area contributed by atoms with Crippen molar-refractivity contribution in [1.82, 2.24) is 9.62 Å². The maximum absolute atomic E-state index is 14.2. The molecule has 1 heterocycles. The smallest absolute Gasteiger partial charge is 0.251 e. The van der Waals surface area contributed by atoms with Crippen LogP contribution in [0, 0.1) is 11.7 Å². The second kappa shape index (κ2) is 7.05. The number of carbonyl (C=O) groups excluding carboxylic acids is 1. The Balaban J connectivity index is 1.59. The Morgan fingerprint density at radius 3 is 2.41 bits per heavy atom. The highest BCUT2D eigenvalue weighted by Gasteiger charge is 2.35. The van der Waals surface area contributed by atoms with Crippen molar-refractivity contribution in [2.24, 2.45) is 5.92 Å². The van der Waals surface area contributed by atoms with Gasteiger partial charge < -0.3 is 5.32 Å². The molecule has 1 atom stereocenters.